The zero-order valence-corrected chi connectivity index (χ0v) is 14.9. The lowest BCUT2D eigenvalue weighted by Crippen LogP contribution is -2.40. The first kappa shape index (κ1) is 16.6. The van der Waals surface area contributed by atoms with Crippen LogP contribution < -0.4 is 5.32 Å². The zero-order valence-electron chi connectivity index (χ0n) is 13.3. The van der Waals surface area contributed by atoms with Gasteiger partial charge < -0.3 is 10.2 Å². The molecule has 0 bridgehead atoms. The van der Waals surface area contributed by atoms with Gasteiger partial charge in [-0.15, -0.1) is 11.3 Å². The van der Waals surface area contributed by atoms with Crippen molar-refractivity contribution in [1.29, 1.82) is 0 Å². The molecule has 2 rings (SSSR count). The van der Waals surface area contributed by atoms with Crippen LogP contribution in [0.15, 0.2) is 20.9 Å². The third-order valence-electron chi connectivity index (χ3n) is 3.51. The van der Waals surface area contributed by atoms with Gasteiger partial charge in [0.1, 0.15) is 4.34 Å². The van der Waals surface area contributed by atoms with Gasteiger partial charge in [-0.2, -0.15) is 0 Å². The average Bonchev–Trinajstić information content (AvgIpc) is 3.06. The highest BCUT2D eigenvalue weighted by atomic mass is 32.2. The molecule has 21 heavy (non-hydrogen) atoms. The monoisotopic (exact) mass is 326 g/mol. The fraction of sp³-hybridized carbons (Fsp3) is 0.733. The molecule has 0 atom stereocenters. The molecule has 6 heteroatoms. The number of nitrogens with zero attached hydrogens (tertiary/aromatic N) is 3. The standard InChI is InChI=1S/C15H26N4S2/c1-4-16-13(19-9-6-15(2,3)12-19)17-7-5-10-20-14-18-8-11-21-14/h8,11H,4-7,9-10,12H2,1-3H3,(H,16,17). The lowest BCUT2D eigenvalue weighted by Gasteiger charge is -2.23. The Labute approximate surface area is 136 Å². The Hall–Kier alpha value is -0.750. The van der Waals surface area contributed by atoms with Gasteiger partial charge in [-0.3, -0.25) is 4.99 Å². The summed E-state index contributed by atoms with van der Waals surface area (Å²) in [5.41, 5.74) is 0.414. The van der Waals surface area contributed by atoms with Crippen molar-refractivity contribution in [2.45, 2.75) is 38.0 Å². The number of thioether (sulfide) groups is 1. The highest BCUT2D eigenvalue weighted by Gasteiger charge is 2.30. The fourth-order valence-corrected chi connectivity index (χ4v) is 4.04. The summed E-state index contributed by atoms with van der Waals surface area (Å²) in [7, 11) is 0. The number of likely N-dealkylation sites (tertiary alicyclic amines) is 1. The van der Waals surface area contributed by atoms with Gasteiger partial charge in [0.15, 0.2) is 5.96 Å². The molecule has 1 N–H and O–H groups in total. The minimum Gasteiger partial charge on any atom is -0.357 e. The van der Waals surface area contributed by atoms with E-state index in [1.807, 2.05) is 23.3 Å². The Balaban J connectivity index is 1.75. The van der Waals surface area contributed by atoms with Crippen LogP contribution in [0.3, 0.4) is 0 Å². The van der Waals surface area contributed by atoms with Crippen molar-refractivity contribution in [3.8, 4) is 0 Å². The molecule has 0 radical (unpaired) electrons. The normalized spacial score (nSPS) is 18.2. The van der Waals surface area contributed by atoms with Gasteiger partial charge in [0.2, 0.25) is 0 Å². The molecule has 1 saturated heterocycles. The highest BCUT2D eigenvalue weighted by Crippen LogP contribution is 2.28. The van der Waals surface area contributed by atoms with Crippen molar-refractivity contribution in [1.82, 2.24) is 15.2 Å². The first-order valence-corrected chi connectivity index (χ1v) is 9.53. The van der Waals surface area contributed by atoms with Crippen molar-refractivity contribution in [2.24, 2.45) is 10.4 Å². The molecule has 1 aliphatic heterocycles. The van der Waals surface area contributed by atoms with Crippen LogP contribution in [0.25, 0.3) is 0 Å². The zero-order chi connectivity index (χ0) is 15.1. The number of thiazole rings is 1. The van der Waals surface area contributed by atoms with E-state index in [0.29, 0.717) is 5.41 Å². The fourth-order valence-electron chi connectivity index (χ4n) is 2.41. The lowest BCUT2D eigenvalue weighted by atomic mass is 9.93. The molecule has 1 aliphatic rings. The summed E-state index contributed by atoms with van der Waals surface area (Å²) >= 11 is 3.54. The van der Waals surface area contributed by atoms with E-state index in [4.69, 9.17) is 4.99 Å². The van der Waals surface area contributed by atoms with Crippen molar-refractivity contribution in [3.63, 3.8) is 0 Å². The third-order valence-corrected chi connectivity index (χ3v) is 5.56. The maximum absolute atomic E-state index is 4.78. The van der Waals surface area contributed by atoms with Crippen LogP contribution >= 0.6 is 23.1 Å². The number of aliphatic imine (C=N–C) groups is 1. The van der Waals surface area contributed by atoms with Gasteiger partial charge >= 0.3 is 0 Å². The molecule has 0 aliphatic carbocycles. The van der Waals surface area contributed by atoms with Crippen LogP contribution in [0.1, 0.15) is 33.6 Å². The van der Waals surface area contributed by atoms with Gasteiger partial charge in [-0.05, 0) is 25.2 Å². The first-order chi connectivity index (χ1) is 10.1. The predicted octanol–water partition coefficient (Wildman–Crippen LogP) is 3.32. The number of guanidine groups is 1. The van der Waals surface area contributed by atoms with E-state index < -0.39 is 0 Å². The van der Waals surface area contributed by atoms with Crippen LogP contribution in [0.4, 0.5) is 0 Å². The summed E-state index contributed by atoms with van der Waals surface area (Å²) in [6.45, 7) is 10.8. The highest BCUT2D eigenvalue weighted by molar-refractivity contribution is 8.00. The van der Waals surface area contributed by atoms with E-state index in [1.165, 1.54) is 6.42 Å². The molecule has 0 aromatic carbocycles. The number of rotatable bonds is 6. The largest absolute Gasteiger partial charge is 0.357 e. The van der Waals surface area contributed by atoms with Crippen molar-refractivity contribution >= 4 is 29.1 Å². The molecule has 1 fully saturated rings. The summed E-state index contributed by atoms with van der Waals surface area (Å²) in [5, 5.41) is 5.45. The van der Waals surface area contributed by atoms with Gasteiger partial charge in [-0.1, -0.05) is 25.6 Å². The van der Waals surface area contributed by atoms with Crippen LogP contribution in [0, 0.1) is 5.41 Å². The number of hydrogen-bond acceptors (Lipinski definition) is 4. The second-order valence-corrected chi connectivity index (χ2v) is 8.31. The maximum atomic E-state index is 4.78. The number of nitrogens with one attached hydrogen (secondary N) is 1. The maximum Gasteiger partial charge on any atom is 0.193 e. The van der Waals surface area contributed by atoms with E-state index in [0.717, 1.165) is 48.7 Å². The molecule has 0 unspecified atom stereocenters. The van der Waals surface area contributed by atoms with E-state index in [9.17, 15) is 0 Å². The summed E-state index contributed by atoms with van der Waals surface area (Å²) in [6.07, 6.45) is 4.21. The molecule has 0 amide bonds. The van der Waals surface area contributed by atoms with E-state index in [2.05, 4.69) is 36.0 Å². The summed E-state index contributed by atoms with van der Waals surface area (Å²) in [6, 6.07) is 0. The van der Waals surface area contributed by atoms with E-state index in [1.54, 1.807) is 11.3 Å². The topological polar surface area (TPSA) is 40.5 Å². The van der Waals surface area contributed by atoms with Crippen LogP contribution in [-0.4, -0.2) is 47.8 Å². The number of hydrogen-bond donors (Lipinski definition) is 1. The number of aromatic nitrogens is 1. The van der Waals surface area contributed by atoms with Gasteiger partial charge in [0.25, 0.3) is 0 Å². The van der Waals surface area contributed by atoms with Gasteiger partial charge in [0.05, 0.1) is 0 Å². The molecule has 1 aromatic rings. The Bertz CT molecular complexity index is 443. The minimum atomic E-state index is 0.414. The molecular weight excluding hydrogens is 300 g/mol. The van der Waals surface area contributed by atoms with Crippen molar-refractivity contribution in [3.05, 3.63) is 11.6 Å². The Morgan fingerprint density at radius 2 is 2.43 bits per heavy atom. The molecule has 2 heterocycles. The van der Waals surface area contributed by atoms with E-state index >= 15 is 0 Å². The molecular formula is C15H26N4S2. The lowest BCUT2D eigenvalue weighted by molar-refractivity contribution is 0.370. The van der Waals surface area contributed by atoms with Gasteiger partial charge in [-0.25, -0.2) is 4.98 Å². The predicted molar refractivity (Wildman–Crippen MR) is 93.4 cm³/mol. The Kier molecular flexibility index (Phi) is 6.36. The molecule has 0 saturated carbocycles. The quantitative estimate of drug-likeness (QED) is 0.377. The first-order valence-electron chi connectivity index (χ1n) is 7.66. The molecule has 118 valence electrons. The average molecular weight is 327 g/mol. The summed E-state index contributed by atoms with van der Waals surface area (Å²) in [4.78, 5) is 11.5. The van der Waals surface area contributed by atoms with Crippen LogP contribution in [0.2, 0.25) is 0 Å². The molecule has 4 nitrogen and oxygen atoms in total. The van der Waals surface area contributed by atoms with Crippen molar-refractivity contribution < 1.29 is 0 Å². The SMILES string of the molecule is CCNC(=NCCCSc1nccs1)N1CCC(C)(C)C1. The second kappa shape index (κ2) is 8.03. The minimum absolute atomic E-state index is 0.414. The van der Waals surface area contributed by atoms with Crippen LogP contribution in [-0.2, 0) is 0 Å². The summed E-state index contributed by atoms with van der Waals surface area (Å²) < 4.78 is 1.16. The molecule has 0 spiro atoms. The smallest absolute Gasteiger partial charge is 0.193 e. The summed E-state index contributed by atoms with van der Waals surface area (Å²) in [5.74, 6) is 2.17. The third kappa shape index (κ3) is 5.51. The molecule has 1 aromatic heterocycles. The Morgan fingerprint density at radius 3 is 3.05 bits per heavy atom. The Morgan fingerprint density at radius 1 is 1.57 bits per heavy atom. The van der Waals surface area contributed by atoms with Gasteiger partial charge in [0, 0.05) is 43.5 Å². The second-order valence-electron chi connectivity index (χ2n) is 6.07. The van der Waals surface area contributed by atoms with Crippen molar-refractivity contribution in [2.75, 3.05) is 31.9 Å². The van der Waals surface area contributed by atoms with Crippen LogP contribution in [0.5, 0.6) is 0 Å². The van der Waals surface area contributed by atoms with E-state index in [-0.39, 0.29) is 0 Å².